The summed E-state index contributed by atoms with van der Waals surface area (Å²) in [5.41, 5.74) is -0.302. The molecule has 174 valence electrons. The van der Waals surface area contributed by atoms with Gasteiger partial charge in [-0.25, -0.2) is 12.8 Å². The van der Waals surface area contributed by atoms with Gasteiger partial charge in [0.2, 0.25) is 15.9 Å². The Bertz CT molecular complexity index is 1380. The lowest BCUT2D eigenvalue weighted by atomic mass is 10.0. The molecule has 0 saturated carbocycles. The summed E-state index contributed by atoms with van der Waals surface area (Å²) in [6.45, 7) is 2.46. The Morgan fingerprint density at radius 3 is 2.48 bits per heavy atom. The van der Waals surface area contributed by atoms with Gasteiger partial charge in [0.05, 0.1) is 10.7 Å². The Kier molecular flexibility index (Phi) is 6.56. The van der Waals surface area contributed by atoms with Gasteiger partial charge in [-0.2, -0.15) is 4.31 Å². The van der Waals surface area contributed by atoms with Crippen molar-refractivity contribution in [3.8, 4) is 0 Å². The lowest BCUT2D eigenvalue weighted by molar-refractivity contribution is -0.116. The van der Waals surface area contributed by atoms with Crippen LogP contribution in [0.4, 0.5) is 10.1 Å². The number of nitrogens with one attached hydrogen (secondary N) is 1. The molecule has 3 aromatic rings. The minimum Gasteiger partial charge on any atom is -0.323 e. The fourth-order valence-corrected chi connectivity index (χ4v) is 5.83. The average molecular weight is 492 g/mol. The molecule has 1 aliphatic rings. The van der Waals surface area contributed by atoms with Crippen LogP contribution in [-0.2, 0) is 21.4 Å². The molecule has 0 spiro atoms. The molecule has 7 nitrogen and oxygen atoms in total. The summed E-state index contributed by atoms with van der Waals surface area (Å²) in [6, 6.07) is 9.97. The van der Waals surface area contributed by atoms with Crippen molar-refractivity contribution in [3.05, 3.63) is 69.9 Å². The van der Waals surface area contributed by atoms with Crippen molar-refractivity contribution in [2.24, 2.45) is 5.92 Å². The van der Waals surface area contributed by atoms with Gasteiger partial charge in [0, 0.05) is 30.1 Å². The lowest BCUT2D eigenvalue weighted by Crippen LogP contribution is -2.38. The zero-order valence-electron chi connectivity index (χ0n) is 17.9. The Morgan fingerprint density at radius 1 is 1.15 bits per heavy atom. The molecule has 4 rings (SSSR count). The topological polar surface area (TPSA) is 88.5 Å². The second-order valence-corrected chi connectivity index (χ2v) is 10.5. The minimum absolute atomic E-state index is 0.0109. The number of rotatable bonds is 5. The van der Waals surface area contributed by atoms with Crippen LogP contribution in [0.15, 0.2) is 58.4 Å². The first kappa shape index (κ1) is 23.4. The number of aromatic nitrogens is 1. The van der Waals surface area contributed by atoms with E-state index in [0.717, 1.165) is 29.5 Å². The standard InChI is InChI=1S/C23H23ClFN3O4S/c1-15-8-10-28(11-9-15)33(31,32)21-13-27(23(30)18-5-3-2-4-17(18)21)14-22(29)26-20-7-6-16(25)12-19(20)24/h2-7,12-13,15H,8-11,14H2,1H3,(H,26,29). The molecule has 0 bridgehead atoms. The average Bonchev–Trinajstić information content (AvgIpc) is 2.78. The summed E-state index contributed by atoms with van der Waals surface area (Å²) >= 11 is 5.96. The molecule has 1 amide bonds. The highest BCUT2D eigenvalue weighted by Crippen LogP contribution is 2.28. The largest absolute Gasteiger partial charge is 0.323 e. The molecular weight excluding hydrogens is 469 g/mol. The predicted molar refractivity (Wildman–Crippen MR) is 125 cm³/mol. The molecule has 10 heteroatoms. The van der Waals surface area contributed by atoms with Crippen LogP contribution in [0.5, 0.6) is 0 Å². The Morgan fingerprint density at radius 2 is 1.82 bits per heavy atom. The molecule has 1 N–H and O–H groups in total. The number of fused-ring (bicyclic) bond motifs is 1. The van der Waals surface area contributed by atoms with Crippen molar-refractivity contribution in [2.75, 3.05) is 18.4 Å². The van der Waals surface area contributed by atoms with Gasteiger partial charge in [-0.1, -0.05) is 36.7 Å². The molecule has 0 atom stereocenters. The van der Waals surface area contributed by atoms with Crippen LogP contribution in [-0.4, -0.2) is 36.3 Å². The Balaban J connectivity index is 1.71. The number of hydrogen-bond acceptors (Lipinski definition) is 4. The third-order valence-electron chi connectivity index (χ3n) is 5.84. The van der Waals surface area contributed by atoms with Crippen molar-refractivity contribution in [1.29, 1.82) is 0 Å². The normalized spacial score (nSPS) is 15.6. The van der Waals surface area contributed by atoms with E-state index >= 15 is 0 Å². The van der Waals surface area contributed by atoms with E-state index in [9.17, 15) is 22.4 Å². The van der Waals surface area contributed by atoms with E-state index in [1.165, 1.54) is 16.6 Å². The van der Waals surface area contributed by atoms with Gasteiger partial charge < -0.3 is 9.88 Å². The maximum Gasteiger partial charge on any atom is 0.258 e. The van der Waals surface area contributed by atoms with Gasteiger partial charge in [0.15, 0.2) is 0 Å². The highest BCUT2D eigenvalue weighted by molar-refractivity contribution is 7.89. The highest BCUT2D eigenvalue weighted by atomic mass is 35.5. The quantitative estimate of drug-likeness (QED) is 0.587. The van der Waals surface area contributed by atoms with Crippen LogP contribution in [0.3, 0.4) is 0 Å². The number of hydrogen-bond donors (Lipinski definition) is 1. The summed E-state index contributed by atoms with van der Waals surface area (Å²) in [4.78, 5) is 25.6. The van der Waals surface area contributed by atoms with E-state index in [1.54, 1.807) is 24.3 Å². The van der Waals surface area contributed by atoms with E-state index in [-0.39, 0.29) is 21.0 Å². The second kappa shape index (κ2) is 9.24. The number of sulfonamides is 1. The number of piperidine rings is 1. The number of nitrogens with zero attached hydrogens (tertiary/aromatic N) is 2. The molecule has 0 radical (unpaired) electrons. The van der Waals surface area contributed by atoms with Crippen molar-refractivity contribution >= 4 is 44.0 Å². The number of carbonyl (C=O) groups excluding carboxylic acids is 1. The van der Waals surface area contributed by atoms with Gasteiger partial charge in [0.1, 0.15) is 17.3 Å². The SMILES string of the molecule is CC1CCN(S(=O)(=O)c2cn(CC(=O)Nc3ccc(F)cc3Cl)c(=O)c3ccccc23)CC1. The molecule has 1 aromatic heterocycles. The molecule has 0 unspecified atom stereocenters. The maximum absolute atomic E-state index is 13.5. The zero-order chi connectivity index (χ0) is 23.8. The van der Waals surface area contributed by atoms with Crippen molar-refractivity contribution in [2.45, 2.75) is 31.2 Å². The number of carbonyl (C=O) groups is 1. The summed E-state index contributed by atoms with van der Waals surface area (Å²) in [6.07, 6.45) is 2.75. The number of anilines is 1. The summed E-state index contributed by atoms with van der Waals surface area (Å²) in [7, 11) is -3.88. The number of amides is 1. The fraction of sp³-hybridized carbons (Fsp3) is 0.304. The van der Waals surface area contributed by atoms with E-state index in [0.29, 0.717) is 24.4 Å². The highest BCUT2D eigenvalue weighted by Gasteiger charge is 2.30. The second-order valence-electron chi connectivity index (χ2n) is 8.23. The molecule has 1 saturated heterocycles. The third-order valence-corrected chi connectivity index (χ3v) is 8.08. The van der Waals surface area contributed by atoms with Crippen molar-refractivity contribution < 1.29 is 17.6 Å². The van der Waals surface area contributed by atoms with E-state index in [1.807, 2.05) is 0 Å². The van der Waals surface area contributed by atoms with Gasteiger partial charge in [0.25, 0.3) is 5.56 Å². The zero-order valence-corrected chi connectivity index (χ0v) is 19.5. The third kappa shape index (κ3) is 4.80. The Labute approximate surface area is 195 Å². The lowest BCUT2D eigenvalue weighted by Gasteiger charge is -2.30. The van der Waals surface area contributed by atoms with Crippen LogP contribution < -0.4 is 10.9 Å². The number of pyridine rings is 1. The molecule has 2 heterocycles. The Hall–Kier alpha value is -2.75. The van der Waals surface area contributed by atoms with Crippen LogP contribution in [0.2, 0.25) is 5.02 Å². The van der Waals surface area contributed by atoms with Crippen LogP contribution in [0, 0.1) is 11.7 Å². The first-order valence-electron chi connectivity index (χ1n) is 10.5. The monoisotopic (exact) mass is 491 g/mol. The first-order chi connectivity index (χ1) is 15.7. The molecular formula is C23H23ClFN3O4S. The predicted octanol–water partition coefficient (Wildman–Crippen LogP) is 3.85. The van der Waals surface area contributed by atoms with Crippen molar-refractivity contribution in [1.82, 2.24) is 8.87 Å². The number of benzene rings is 2. The molecule has 0 aliphatic carbocycles. The number of halogens is 2. The molecule has 1 aliphatic heterocycles. The van der Waals surface area contributed by atoms with E-state index in [2.05, 4.69) is 12.2 Å². The van der Waals surface area contributed by atoms with Crippen LogP contribution >= 0.6 is 11.6 Å². The first-order valence-corrected chi connectivity index (χ1v) is 12.4. The minimum atomic E-state index is -3.88. The summed E-state index contributed by atoms with van der Waals surface area (Å²) in [5, 5.41) is 3.07. The fourth-order valence-electron chi connectivity index (χ4n) is 3.93. The van der Waals surface area contributed by atoms with Gasteiger partial charge in [-0.05, 0) is 43.0 Å². The maximum atomic E-state index is 13.5. The van der Waals surface area contributed by atoms with Crippen molar-refractivity contribution in [3.63, 3.8) is 0 Å². The van der Waals surface area contributed by atoms with Crippen LogP contribution in [0.25, 0.3) is 10.8 Å². The smallest absolute Gasteiger partial charge is 0.258 e. The molecule has 2 aromatic carbocycles. The van der Waals surface area contributed by atoms with Crippen LogP contribution in [0.1, 0.15) is 19.8 Å². The van der Waals surface area contributed by atoms with Gasteiger partial charge in [-0.15, -0.1) is 0 Å². The van der Waals surface area contributed by atoms with E-state index < -0.39 is 33.9 Å². The van der Waals surface area contributed by atoms with Gasteiger partial charge in [-0.3, -0.25) is 9.59 Å². The molecule has 33 heavy (non-hydrogen) atoms. The summed E-state index contributed by atoms with van der Waals surface area (Å²) < 4.78 is 42.7. The van der Waals surface area contributed by atoms with Gasteiger partial charge >= 0.3 is 0 Å². The molecule has 1 fully saturated rings. The van der Waals surface area contributed by atoms with E-state index in [4.69, 9.17) is 11.6 Å². The summed E-state index contributed by atoms with van der Waals surface area (Å²) in [5.74, 6) is -0.703.